The summed E-state index contributed by atoms with van der Waals surface area (Å²) >= 11 is 0. The lowest BCUT2D eigenvalue weighted by molar-refractivity contribution is 0.344. The molecule has 0 aliphatic heterocycles. The van der Waals surface area contributed by atoms with Crippen LogP contribution in [0.4, 0.5) is 0 Å². The van der Waals surface area contributed by atoms with Crippen molar-refractivity contribution in [2.45, 2.75) is 59.0 Å². The second kappa shape index (κ2) is 5.97. The summed E-state index contributed by atoms with van der Waals surface area (Å²) in [5, 5.41) is 11.7. The molecule has 0 spiro atoms. The predicted molar refractivity (Wildman–Crippen MR) is 82.1 cm³/mol. The van der Waals surface area contributed by atoms with Gasteiger partial charge in [0.05, 0.1) is 23.0 Å². The van der Waals surface area contributed by atoms with E-state index in [4.69, 9.17) is 4.52 Å². The normalized spacial score (nSPS) is 13.6. The van der Waals surface area contributed by atoms with Crippen LogP contribution in [0, 0.1) is 0 Å². The van der Waals surface area contributed by atoms with Gasteiger partial charge in [-0.1, -0.05) is 12.1 Å². The average Bonchev–Trinajstić information content (AvgIpc) is 3.02. The first kappa shape index (κ1) is 15.7. The highest BCUT2D eigenvalue weighted by Crippen LogP contribution is 2.26. The van der Waals surface area contributed by atoms with Crippen LogP contribution in [-0.2, 0) is 18.4 Å². The number of hydrogen-bond donors (Lipinski definition) is 1. The molecule has 6 heteroatoms. The van der Waals surface area contributed by atoms with Crippen molar-refractivity contribution >= 4 is 0 Å². The van der Waals surface area contributed by atoms with Gasteiger partial charge >= 0.3 is 0 Å². The summed E-state index contributed by atoms with van der Waals surface area (Å²) in [7, 11) is 1.92. The third kappa shape index (κ3) is 3.32. The van der Waals surface area contributed by atoms with Crippen LogP contribution < -0.4 is 5.32 Å². The maximum atomic E-state index is 5.42. The number of nitrogens with zero attached hydrogens (tertiary/aromatic N) is 4. The van der Waals surface area contributed by atoms with E-state index in [0.717, 1.165) is 29.9 Å². The molecule has 0 saturated carbocycles. The van der Waals surface area contributed by atoms with Gasteiger partial charge in [-0.15, -0.1) is 0 Å². The van der Waals surface area contributed by atoms with Gasteiger partial charge in [0.1, 0.15) is 0 Å². The first-order valence-electron chi connectivity index (χ1n) is 7.44. The molecule has 0 amide bonds. The van der Waals surface area contributed by atoms with Gasteiger partial charge in [-0.2, -0.15) is 10.1 Å². The Hall–Kier alpha value is -1.69. The third-order valence-corrected chi connectivity index (χ3v) is 3.52. The van der Waals surface area contributed by atoms with E-state index in [9.17, 15) is 0 Å². The van der Waals surface area contributed by atoms with E-state index in [2.05, 4.69) is 55.2 Å². The molecule has 6 nitrogen and oxygen atoms in total. The molecular formula is C15H25N5O. The van der Waals surface area contributed by atoms with E-state index in [1.165, 1.54) is 0 Å². The third-order valence-electron chi connectivity index (χ3n) is 3.52. The quantitative estimate of drug-likeness (QED) is 0.916. The van der Waals surface area contributed by atoms with Crippen LogP contribution in [-0.4, -0.2) is 33.0 Å². The summed E-state index contributed by atoms with van der Waals surface area (Å²) < 4.78 is 7.45. The minimum absolute atomic E-state index is 0.0624. The molecule has 1 unspecified atom stereocenters. The minimum atomic E-state index is -0.0624. The largest absolute Gasteiger partial charge is 0.334 e. The van der Waals surface area contributed by atoms with Crippen LogP contribution in [0.3, 0.4) is 0 Å². The smallest absolute Gasteiger partial charge is 0.261 e. The van der Waals surface area contributed by atoms with E-state index in [0.29, 0.717) is 11.9 Å². The molecule has 1 N–H and O–H groups in total. The van der Waals surface area contributed by atoms with Gasteiger partial charge in [0.25, 0.3) is 5.89 Å². The summed E-state index contributed by atoms with van der Waals surface area (Å²) in [5.74, 6) is 1.28. The fourth-order valence-electron chi connectivity index (χ4n) is 2.29. The Morgan fingerprint density at radius 1 is 1.38 bits per heavy atom. The zero-order valence-corrected chi connectivity index (χ0v) is 13.8. The van der Waals surface area contributed by atoms with Gasteiger partial charge < -0.3 is 9.84 Å². The summed E-state index contributed by atoms with van der Waals surface area (Å²) in [5.41, 5.74) is 2.00. The maximum absolute atomic E-state index is 5.42. The molecule has 2 heterocycles. The highest BCUT2D eigenvalue weighted by molar-refractivity contribution is 5.55. The highest BCUT2D eigenvalue weighted by Gasteiger charge is 2.23. The summed E-state index contributed by atoms with van der Waals surface area (Å²) in [6.07, 6.45) is 3.44. The Labute approximate surface area is 125 Å². The molecule has 0 radical (unpaired) electrons. The molecule has 2 aromatic heterocycles. The van der Waals surface area contributed by atoms with Crippen molar-refractivity contribution in [2.24, 2.45) is 0 Å². The summed E-state index contributed by atoms with van der Waals surface area (Å²) in [6.45, 7) is 10.6. The van der Waals surface area contributed by atoms with Crippen LogP contribution in [0.15, 0.2) is 10.7 Å². The lowest BCUT2D eigenvalue weighted by Crippen LogP contribution is -2.25. The number of likely N-dealkylation sites (N-methyl/N-ethyl adjacent to an activating group) is 1. The summed E-state index contributed by atoms with van der Waals surface area (Å²) in [4.78, 5) is 4.50. The van der Waals surface area contributed by atoms with Gasteiger partial charge in [-0.3, -0.25) is 4.68 Å². The second-order valence-corrected chi connectivity index (χ2v) is 6.35. The SMILES string of the molecule is CCc1c(-c2nc(CC(C)NC)no2)cnn1C(C)(C)C. The molecule has 1 atom stereocenters. The molecule has 0 fully saturated rings. The van der Waals surface area contributed by atoms with Crippen molar-refractivity contribution in [3.05, 3.63) is 17.7 Å². The van der Waals surface area contributed by atoms with E-state index in [1.54, 1.807) is 0 Å². The van der Waals surface area contributed by atoms with Crippen molar-refractivity contribution < 1.29 is 4.52 Å². The van der Waals surface area contributed by atoms with E-state index in [-0.39, 0.29) is 5.54 Å². The van der Waals surface area contributed by atoms with Crippen molar-refractivity contribution in [1.29, 1.82) is 0 Å². The maximum Gasteiger partial charge on any atom is 0.261 e. The number of nitrogens with one attached hydrogen (secondary N) is 1. The molecule has 0 aliphatic rings. The van der Waals surface area contributed by atoms with E-state index < -0.39 is 0 Å². The molecule has 2 aromatic rings. The van der Waals surface area contributed by atoms with Gasteiger partial charge in [0, 0.05) is 12.5 Å². The van der Waals surface area contributed by atoms with Crippen molar-refractivity contribution in [3.63, 3.8) is 0 Å². The topological polar surface area (TPSA) is 68.8 Å². The van der Waals surface area contributed by atoms with E-state index in [1.807, 2.05) is 17.9 Å². The summed E-state index contributed by atoms with van der Waals surface area (Å²) in [6, 6.07) is 0.318. The lowest BCUT2D eigenvalue weighted by Gasteiger charge is -2.22. The van der Waals surface area contributed by atoms with Gasteiger partial charge in [-0.25, -0.2) is 0 Å². The monoisotopic (exact) mass is 291 g/mol. The molecule has 2 rings (SSSR count). The second-order valence-electron chi connectivity index (χ2n) is 6.35. The fourth-order valence-corrected chi connectivity index (χ4v) is 2.29. The molecule has 0 aromatic carbocycles. The number of hydrogen-bond acceptors (Lipinski definition) is 5. The first-order valence-corrected chi connectivity index (χ1v) is 7.44. The van der Waals surface area contributed by atoms with Crippen molar-refractivity contribution in [3.8, 4) is 11.5 Å². The zero-order chi connectivity index (χ0) is 15.6. The molecule has 116 valence electrons. The van der Waals surface area contributed by atoms with Gasteiger partial charge in [0.2, 0.25) is 0 Å². The molecular weight excluding hydrogens is 266 g/mol. The van der Waals surface area contributed by atoms with Crippen LogP contribution in [0.5, 0.6) is 0 Å². The Morgan fingerprint density at radius 2 is 2.10 bits per heavy atom. The van der Waals surface area contributed by atoms with Crippen LogP contribution in [0.1, 0.15) is 46.1 Å². The standard InChI is InChI=1S/C15H25N5O/c1-7-12-11(9-17-20(12)15(3,4)5)14-18-13(19-21-14)8-10(2)16-6/h9-10,16H,7-8H2,1-6H3. The van der Waals surface area contributed by atoms with Crippen molar-refractivity contribution in [2.75, 3.05) is 7.05 Å². The Balaban J connectivity index is 2.33. The van der Waals surface area contributed by atoms with Crippen LogP contribution in [0.25, 0.3) is 11.5 Å². The molecule has 0 aliphatic carbocycles. The average molecular weight is 291 g/mol. The van der Waals surface area contributed by atoms with Crippen molar-refractivity contribution in [1.82, 2.24) is 25.2 Å². The number of aromatic nitrogens is 4. The van der Waals surface area contributed by atoms with Gasteiger partial charge in [0.15, 0.2) is 5.82 Å². The van der Waals surface area contributed by atoms with E-state index >= 15 is 0 Å². The minimum Gasteiger partial charge on any atom is -0.334 e. The van der Waals surface area contributed by atoms with Crippen LogP contribution >= 0.6 is 0 Å². The number of rotatable bonds is 5. The predicted octanol–water partition coefficient (Wildman–Crippen LogP) is 2.40. The molecule has 21 heavy (non-hydrogen) atoms. The zero-order valence-electron chi connectivity index (χ0n) is 13.8. The Bertz CT molecular complexity index is 593. The van der Waals surface area contributed by atoms with Crippen LogP contribution in [0.2, 0.25) is 0 Å². The fraction of sp³-hybridized carbons (Fsp3) is 0.667. The highest BCUT2D eigenvalue weighted by atomic mass is 16.5. The molecule has 0 bridgehead atoms. The Kier molecular flexibility index (Phi) is 4.46. The van der Waals surface area contributed by atoms with Gasteiger partial charge in [-0.05, 0) is 41.2 Å². The molecule has 0 saturated heterocycles. The first-order chi connectivity index (χ1) is 9.86. The lowest BCUT2D eigenvalue weighted by atomic mass is 10.1. The Morgan fingerprint density at radius 3 is 2.67 bits per heavy atom.